The summed E-state index contributed by atoms with van der Waals surface area (Å²) in [6.07, 6.45) is 2.28. The predicted octanol–water partition coefficient (Wildman–Crippen LogP) is 0.509. The van der Waals surface area contributed by atoms with Crippen molar-refractivity contribution in [2.45, 2.75) is 25.3 Å². The molecule has 19 heavy (non-hydrogen) atoms. The SMILES string of the molecule is CCCNC(N)=NCC1(N2CCOCC2)CCSC1. The maximum atomic E-state index is 5.92. The molecule has 3 N–H and O–H groups in total. The summed E-state index contributed by atoms with van der Waals surface area (Å²) in [6.45, 7) is 7.58. The second kappa shape index (κ2) is 7.36. The fraction of sp³-hybridized carbons (Fsp3) is 0.923. The average molecular weight is 286 g/mol. The van der Waals surface area contributed by atoms with Crippen LogP contribution in [0.4, 0.5) is 0 Å². The molecule has 2 aliphatic heterocycles. The summed E-state index contributed by atoms with van der Waals surface area (Å²) in [4.78, 5) is 7.14. The standard InChI is InChI=1S/C13H26N4OS/c1-2-4-15-12(14)16-10-13(3-9-19-11-13)17-5-7-18-8-6-17/h2-11H2,1H3,(H3,14,15,16). The van der Waals surface area contributed by atoms with Gasteiger partial charge in [0, 0.05) is 25.4 Å². The normalized spacial score (nSPS) is 29.6. The number of ether oxygens (including phenoxy) is 1. The summed E-state index contributed by atoms with van der Waals surface area (Å²) in [5, 5.41) is 3.15. The maximum absolute atomic E-state index is 5.92. The number of nitrogens with zero attached hydrogens (tertiary/aromatic N) is 2. The van der Waals surface area contributed by atoms with E-state index in [-0.39, 0.29) is 5.54 Å². The minimum Gasteiger partial charge on any atom is -0.379 e. The van der Waals surface area contributed by atoms with E-state index in [0.717, 1.165) is 51.6 Å². The molecule has 0 radical (unpaired) electrons. The number of rotatable bonds is 5. The summed E-state index contributed by atoms with van der Waals surface area (Å²) < 4.78 is 5.46. The van der Waals surface area contributed by atoms with Crippen LogP contribution < -0.4 is 11.1 Å². The quantitative estimate of drug-likeness (QED) is 0.569. The van der Waals surface area contributed by atoms with Crippen molar-refractivity contribution in [3.05, 3.63) is 0 Å². The third kappa shape index (κ3) is 4.00. The van der Waals surface area contributed by atoms with Crippen LogP contribution >= 0.6 is 11.8 Å². The van der Waals surface area contributed by atoms with Crippen molar-refractivity contribution in [3.63, 3.8) is 0 Å². The Morgan fingerprint density at radius 1 is 1.47 bits per heavy atom. The van der Waals surface area contributed by atoms with Gasteiger partial charge in [0.15, 0.2) is 5.96 Å². The van der Waals surface area contributed by atoms with Crippen molar-refractivity contribution in [1.82, 2.24) is 10.2 Å². The molecule has 0 bridgehead atoms. The highest BCUT2D eigenvalue weighted by Gasteiger charge is 2.40. The molecule has 2 saturated heterocycles. The molecule has 2 aliphatic rings. The van der Waals surface area contributed by atoms with E-state index >= 15 is 0 Å². The van der Waals surface area contributed by atoms with Crippen LogP contribution in [0.25, 0.3) is 0 Å². The number of hydrogen-bond donors (Lipinski definition) is 2. The Morgan fingerprint density at radius 3 is 2.89 bits per heavy atom. The van der Waals surface area contributed by atoms with Gasteiger partial charge < -0.3 is 15.8 Å². The Morgan fingerprint density at radius 2 is 2.26 bits per heavy atom. The molecule has 0 aromatic heterocycles. The van der Waals surface area contributed by atoms with Gasteiger partial charge in [0.25, 0.3) is 0 Å². The molecular formula is C13H26N4OS. The topological polar surface area (TPSA) is 62.9 Å². The number of aliphatic imine (C=N–C) groups is 1. The van der Waals surface area contributed by atoms with Gasteiger partial charge >= 0.3 is 0 Å². The molecule has 0 aromatic carbocycles. The lowest BCUT2D eigenvalue weighted by molar-refractivity contribution is -0.0104. The smallest absolute Gasteiger partial charge is 0.188 e. The highest BCUT2D eigenvalue weighted by molar-refractivity contribution is 7.99. The largest absolute Gasteiger partial charge is 0.379 e. The monoisotopic (exact) mass is 286 g/mol. The van der Waals surface area contributed by atoms with Crippen molar-refractivity contribution in [1.29, 1.82) is 0 Å². The van der Waals surface area contributed by atoms with Gasteiger partial charge in [-0.1, -0.05) is 6.92 Å². The Hall–Kier alpha value is -0.460. The van der Waals surface area contributed by atoms with E-state index in [1.807, 2.05) is 11.8 Å². The van der Waals surface area contributed by atoms with Crippen molar-refractivity contribution in [2.24, 2.45) is 10.7 Å². The number of guanidine groups is 1. The lowest BCUT2D eigenvalue weighted by Crippen LogP contribution is -2.56. The predicted molar refractivity (Wildman–Crippen MR) is 81.8 cm³/mol. The summed E-state index contributed by atoms with van der Waals surface area (Å²) in [5.41, 5.74) is 6.12. The van der Waals surface area contributed by atoms with Crippen LogP contribution in [0.15, 0.2) is 4.99 Å². The Bertz CT molecular complexity index is 299. The van der Waals surface area contributed by atoms with E-state index in [4.69, 9.17) is 10.5 Å². The van der Waals surface area contributed by atoms with Gasteiger partial charge in [-0.15, -0.1) is 0 Å². The first-order valence-electron chi connectivity index (χ1n) is 7.21. The fourth-order valence-corrected chi connectivity index (χ4v) is 4.12. The zero-order valence-corrected chi connectivity index (χ0v) is 12.7. The molecule has 2 rings (SSSR count). The fourth-order valence-electron chi connectivity index (χ4n) is 2.65. The van der Waals surface area contributed by atoms with Crippen LogP contribution in [-0.2, 0) is 4.74 Å². The van der Waals surface area contributed by atoms with Crippen LogP contribution in [0, 0.1) is 0 Å². The number of nitrogens with one attached hydrogen (secondary N) is 1. The second-order valence-corrected chi connectivity index (χ2v) is 6.36. The molecule has 1 unspecified atom stereocenters. The lowest BCUT2D eigenvalue weighted by Gasteiger charge is -2.42. The van der Waals surface area contributed by atoms with Gasteiger partial charge in [0.2, 0.25) is 0 Å². The summed E-state index contributed by atoms with van der Waals surface area (Å²) in [6, 6.07) is 0. The van der Waals surface area contributed by atoms with Crippen molar-refractivity contribution in [3.8, 4) is 0 Å². The van der Waals surface area contributed by atoms with Crippen LogP contribution in [0.2, 0.25) is 0 Å². The zero-order chi connectivity index (χ0) is 13.6. The average Bonchev–Trinajstić information content (AvgIpc) is 2.94. The van der Waals surface area contributed by atoms with Gasteiger partial charge in [-0.25, -0.2) is 0 Å². The number of hydrogen-bond acceptors (Lipinski definition) is 4. The Balaban J connectivity index is 1.95. The summed E-state index contributed by atoms with van der Waals surface area (Å²) in [5.74, 6) is 2.98. The minimum atomic E-state index is 0.201. The van der Waals surface area contributed by atoms with Gasteiger partial charge in [0.05, 0.1) is 25.3 Å². The molecule has 110 valence electrons. The van der Waals surface area contributed by atoms with E-state index in [1.54, 1.807) is 0 Å². The minimum absolute atomic E-state index is 0.201. The van der Waals surface area contributed by atoms with Crippen molar-refractivity contribution in [2.75, 3.05) is 50.9 Å². The lowest BCUT2D eigenvalue weighted by atomic mass is 9.96. The van der Waals surface area contributed by atoms with Gasteiger partial charge in [-0.05, 0) is 18.6 Å². The molecule has 0 amide bonds. The maximum Gasteiger partial charge on any atom is 0.188 e. The molecule has 0 spiro atoms. The molecule has 2 heterocycles. The number of nitrogens with two attached hydrogens (primary N) is 1. The Kier molecular flexibility index (Phi) is 5.78. The van der Waals surface area contributed by atoms with E-state index < -0.39 is 0 Å². The van der Waals surface area contributed by atoms with Crippen LogP contribution in [0.5, 0.6) is 0 Å². The summed E-state index contributed by atoms with van der Waals surface area (Å²) in [7, 11) is 0. The van der Waals surface area contributed by atoms with Gasteiger partial charge in [-0.2, -0.15) is 11.8 Å². The first kappa shape index (κ1) is 14.9. The molecule has 2 fully saturated rings. The van der Waals surface area contributed by atoms with E-state index in [2.05, 4.69) is 22.1 Å². The van der Waals surface area contributed by atoms with Gasteiger partial charge in [0.1, 0.15) is 0 Å². The highest BCUT2D eigenvalue weighted by Crippen LogP contribution is 2.34. The first-order chi connectivity index (χ1) is 9.27. The van der Waals surface area contributed by atoms with Crippen molar-refractivity contribution >= 4 is 17.7 Å². The third-order valence-corrected chi connectivity index (χ3v) is 5.10. The number of morpholine rings is 1. The summed E-state index contributed by atoms with van der Waals surface area (Å²) >= 11 is 2.03. The molecule has 5 nitrogen and oxygen atoms in total. The van der Waals surface area contributed by atoms with Crippen LogP contribution in [-0.4, -0.2) is 67.3 Å². The van der Waals surface area contributed by atoms with E-state index in [9.17, 15) is 0 Å². The molecule has 1 atom stereocenters. The molecule has 0 aromatic rings. The highest BCUT2D eigenvalue weighted by atomic mass is 32.2. The third-order valence-electron chi connectivity index (χ3n) is 3.86. The molecule has 0 saturated carbocycles. The van der Waals surface area contributed by atoms with E-state index in [0.29, 0.717) is 5.96 Å². The molecular weight excluding hydrogens is 260 g/mol. The zero-order valence-electron chi connectivity index (χ0n) is 11.9. The van der Waals surface area contributed by atoms with Crippen molar-refractivity contribution < 1.29 is 4.74 Å². The van der Waals surface area contributed by atoms with Crippen LogP contribution in [0.1, 0.15) is 19.8 Å². The molecule has 6 heteroatoms. The first-order valence-corrected chi connectivity index (χ1v) is 8.37. The van der Waals surface area contributed by atoms with E-state index in [1.165, 1.54) is 12.2 Å². The Labute approximate surface area is 120 Å². The van der Waals surface area contributed by atoms with Gasteiger partial charge in [-0.3, -0.25) is 9.89 Å². The molecule has 0 aliphatic carbocycles. The number of thioether (sulfide) groups is 1. The second-order valence-electron chi connectivity index (χ2n) is 5.25. The van der Waals surface area contributed by atoms with Crippen LogP contribution in [0.3, 0.4) is 0 Å².